The summed E-state index contributed by atoms with van der Waals surface area (Å²) in [6.07, 6.45) is -0.535. The summed E-state index contributed by atoms with van der Waals surface area (Å²) in [6.45, 7) is 3.42. The molecule has 142 valence electrons. The van der Waals surface area contributed by atoms with Crippen LogP contribution < -0.4 is 5.32 Å². The Morgan fingerprint density at radius 3 is 2.41 bits per heavy atom. The Labute approximate surface area is 170 Å². The Morgan fingerprint density at radius 1 is 1.15 bits per heavy atom. The molecule has 1 N–H and O–H groups in total. The number of amides is 1. The monoisotopic (exact) mass is 482 g/mol. The SMILES string of the molecule is CC(C)OC(=O)CC(NC(=O)c1ccccc1I)c1ccccc1[N+](=O)[O-]. The van der Waals surface area contributed by atoms with E-state index in [0.29, 0.717) is 5.56 Å². The number of benzene rings is 2. The van der Waals surface area contributed by atoms with Gasteiger partial charge in [-0.1, -0.05) is 30.3 Å². The molecule has 0 saturated heterocycles. The summed E-state index contributed by atoms with van der Waals surface area (Å²) in [6, 6.07) is 12.1. The normalized spacial score (nSPS) is 11.7. The van der Waals surface area contributed by atoms with Gasteiger partial charge in [0.25, 0.3) is 11.6 Å². The minimum atomic E-state index is -0.888. The van der Waals surface area contributed by atoms with Crippen molar-refractivity contribution < 1.29 is 19.2 Å². The molecule has 0 spiro atoms. The summed E-state index contributed by atoms with van der Waals surface area (Å²) in [5.41, 5.74) is 0.518. The van der Waals surface area contributed by atoms with E-state index < -0.39 is 22.8 Å². The number of esters is 1. The molecule has 0 heterocycles. The molecule has 1 amide bonds. The van der Waals surface area contributed by atoms with Gasteiger partial charge in [-0.05, 0) is 48.6 Å². The van der Waals surface area contributed by atoms with Crippen LogP contribution in [-0.4, -0.2) is 22.9 Å². The molecule has 8 heteroatoms. The predicted octanol–water partition coefficient (Wildman–Crippen LogP) is 4.01. The highest BCUT2D eigenvalue weighted by molar-refractivity contribution is 14.1. The number of hydrogen-bond acceptors (Lipinski definition) is 5. The highest BCUT2D eigenvalue weighted by atomic mass is 127. The van der Waals surface area contributed by atoms with E-state index in [2.05, 4.69) is 5.32 Å². The van der Waals surface area contributed by atoms with E-state index in [4.69, 9.17) is 4.74 Å². The van der Waals surface area contributed by atoms with Gasteiger partial charge in [-0.3, -0.25) is 19.7 Å². The molecule has 7 nitrogen and oxygen atoms in total. The quantitative estimate of drug-likeness (QED) is 0.278. The lowest BCUT2D eigenvalue weighted by Crippen LogP contribution is -2.32. The zero-order valence-corrected chi connectivity index (χ0v) is 17.0. The second kappa shape index (κ2) is 9.45. The lowest BCUT2D eigenvalue weighted by molar-refractivity contribution is -0.385. The fourth-order valence-corrected chi connectivity index (χ4v) is 3.18. The van der Waals surface area contributed by atoms with Crippen LogP contribution in [0, 0.1) is 13.7 Å². The average Bonchev–Trinajstić information content (AvgIpc) is 2.60. The molecule has 0 aliphatic carbocycles. The molecule has 27 heavy (non-hydrogen) atoms. The van der Waals surface area contributed by atoms with Crippen LogP contribution in [0.2, 0.25) is 0 Å². The number of carbonyl (C=O) groups excluding carboxylic acids is 2. The van der Waals surface area contributed by atoms with Crippen molar-refractivity contribution in [3.05, 3.63) is 73.3 Å². The van der Waals surface area contributed by atoms with Gasteiger partial charge in [-0.2, -0.15) is 0 Å². The average molecular weight is 482 g/mol. The Hall–Kier alpha value is -2.49. The van der Waals surface area contributed by atoms with E-state index in [9.17, 15) is 19.7 Å². The molecule has 0 aromatic heterocycles. The number of para-hydroxylation sites is 1. The smallest absolute Gasteiger partial charge is 0.308 e. The summed E-state index contributed by atoms with van der Waals surface area (Å²) in [4.78, 5) is 35.7. The van der Waals surface area contributed by atoms with Crippen LogP contribution in [0.5, 0.6) is 0 Å². The zero-order valence-electron chi connectivity index (χ0n) is 14.8. The first-order valence-corrected chi connectivity index (χ1v) is 9.35. The second-order valence-corrected chi connectivity index (χ2v) is 7.23. The number of rotatable bonds is 7. The Bertz CT molecular complexity index is 853. The van der Waals surface area contributed by atoms with Crippen molar-refractivity contribution in [2.24, 2.45) is 0 Å². The van der Waals surface area contributed by atoms with Crippen LogP contribution in [0.15, 0.2) is 48.5 Å². The minimum absolute atomic E-state index is 0.164. The Morgan fingerprint density at radius 2 is 1.78 bits per heavy atom. The number of nitrogens with one attached hydrogen (secondary N) is 1. The van der Waals surface area contributed by atoms with E-state index in [0.717, 1.165) is 3.57 Å². The van der Waals surface area contributed by atoms with Crippen LogP contribution in [0.4, 0.5) is 5.69 Å². The van der Waals surface area contributed by atoms with E-state index in [1.54, 1.807) is 44.2 Å². The van der Waals surface area contributed by atoms with E-state index >= 15 is 0 Å². The van der Waals surface area contributed by atoms with Crippen molar-refractivity contribution in [3.8, 4) is 0 Å². The lowest BCUT2D eigenvalue weighted by Gasteiger charge is -2.20. The van der Waals surface area contributed by atoms with Gasteiger partial charge in [0.2, 0.25) is 0 Å². The second-order valence-electron chi connectivity index (χ2n) is 6.06. The van der Waals surface area contributed by atoms with Gasteiger partial charge in [0, 0.05) is 9.64 Å². The molecule has 0 radical (unpaired) electrons. The first-order valence-electron chi connectivity index (χ1n) is 8.27. The summed E-state index contributed by atoms with van der Waals surface area (Å²) < 4.78 is 5.89. The van der Waals surface area contributed by atoms with E-state index in [-0.39, 0.29) is 23.8 Å². The van der Waals surface area contributed by atoms with E-state index in [1.807, 2.05) is 22.6 Å². The minimum Gasteiger partial charge on any atom is -0.463 e. The van der Waals surface area contributed by atoms with Gasteiger partial charge in [0.15, 0.2) is 0 Å². The maximum Gasteiger partial charge on any atom is 0.308 e. The largest absolute Gasteiger partial charge is 0.463 e. The number of carbonyl (C=O) groups is 2. The molecule has 0 saturated carbocycles. The maximum absolute atomic E-state index is 12.7. The first kappa shape index (κ1) is 20.8. The number of ether oxygens (including phenoxy) is 1. The van der Waals surface area contributed by atoms with Gasteiger partial charge in [0.05, 0.1) is 34.6 Å². The molecule has 2 aromatic carbocycles. The first-order chi connectivity index (χ1) is 12.8. The molecule has 1 unspecified atom stereocenters. The van der Waals surface area contributed by atoms with Crippen LogP contribution in [0.25, 0.3) is 0 Å². The summed E-state index contributed by atoms with van der Waals surface area (Å²) in [5, 5.41) is 14.1. The topological polar surface area (TPSA) is 98.5 Å². The third-order valence-electron chi connectivity index (χ3n) is 3.67. The van der Waals surface area contributed by atoms with Crippen molar-refractivity contribution in [2.75, 3.05) is 0 Å². The molecule has 0 aliphatic rings. The fourth-order valence-electron chi connectivity index (χ4n) is 2.55. The fraction of sp³-hybridized carbons (Fsp3) is 0.263. The molecular formula is C19H19IN2O5. The van der Waals surface area contributed by atoms with Gasteiger partial charge in [0.1, 0.15) is 0 Å². The molecule has 0 fully saturated rings. The Balaban J connectivity index is 2.36. The molecular weight excluding hydrogens is 463 g/mol. The van der Waals surface area contributed by atoms with Crippen molar-refractivity contribution in [1.82, 2.24) is 5.32 Å². The van der Waals surface area contributed by atoms with Crippen molar-refractivity contribution in [2.45, 2.75) is 32.4 Å². The molecule has 2 rings (SSSR count). The van der Waals surface area contributed by atoms with Crippen LogP contribution in [0.3, 0.4) is 0 Å². The zero-order chi connectivity index (χ0) is 20.0. The van der Waals surface area contributed by atoms with Crippen LogP contribution in [-0.2, 0) is 9.53 Å². The highest BCUT2D eigenvalue weighted by Crippen LogP contribution is 2.28. The van der Waals surface area contributed by atoms with Crippen LogP contribution in [0.1, 0.15) is 42.2 Å². The number of nitro benzene ring substituents is 1. The standard InChI is InChI=1S/C19H19IN2O5/c1-12(2)27-18(23)11-16(14-8-4-6-10-17(14)22(25)26)21-19(24)13-7-3-5-9-15(13)20/h3-10,12,16H,11H2,1-2H3,(H,21,24). The molecule has 0 bridgehead atoms. The van der Waals surface area contributed by atoms with Gasteiger partial charge in [-0.15, -0.1) is 0 Å². The summed E-state index contributed by atoms with van der Waals surface area (Å²) in [5.74, 6) is -0.961. The molecule has 0 aliphatic heterocycles. The molecule has 2 aromatic rings. The predicted molar refractivity (Wildman–Crippen MR) is 108 cm³/mol. The number of nitrogens with zero attached hydrogens (tertiary/aromatic N) is 1. The molecule has 1 atom stereocenters. The van der Waals surface area contributed by atoms with Crippen molar-refractivity contribution >= 4 is 40.2 Å². The third-order valence-corrected chi connectivity index (χ3v) is 4.61. The third kappa shape index (κ3) is 5.75. The number of nitro groups is 1. The lowest BCUT2D eigenvalue weighted by atomic mass is 10.0. The number of halogens is 1. The summed E-state index contributed by atoms with van der Waals surface area (Å²) >= 11 is 2.04. The summed E-state index contributed by atoms with van der Waals surface area (Å²) in [7, 11) is 0. The van der Waals surface area contributed by atoms with Gasteiger partial charge < -0.3 is 10.1 Å². The number of hydrogen-bond donors (Lipinski definition) is 1. The van der Waals surface area contributed by atoms with Crippen molar-refractivity contribution in [1.29, 1.82) is 0 Å². The van der Waals surface area contributed by atoms with Crippen LogP contribution >= 0.6 is 22.6 Å². The van der Waals surface area contributed by atoms with E-state index in [1.165, 1.54) is 18.2 Å². The maximum atomic E-state index is 12.7. The highest BCUT2D eigenvalue weighted by Gasteiger charge is 2.27. The van der Waals surface area contributed by atoms with Gasteiger partial charge >= 0.3 is 5.97 Å². The Kier molecular flexibility index (Phi) is 7.28. The van der Waals surface area contributed by atoms with Gasteiger partial charge in [-0.25, -0.2) is 0 Å². The van der Waals surface area contributed by atoms with Crippen molar-refractivity contribution in [3.63, 3.8) is 0 Å².